The van der Waals surface area contributed by atoms with Gasteiger partial charge in [-0.15, -0.1) is 0 Å². The van der Waals surface area contributed by atoms with Gasteiger partial charge in [0, 0.05) is 18.1 Å². The third-order valence-electron chi connectivity index (χ3n) is 3.19. The number of nitrogens with one attached hydrogen (secondary N) is 1. The van der Waals surface area contributed by atoms with Gasteiger partial charge in [-0.05, 0) is 38.2 Å². The van der Waals surface area contributed by atoms with Crippen LogP contribution in [0.1, 0.15) is 64.7 Å². The van der Waals surface area contributed by atoms with Gasteiger partial charge in [0.25, 0.3) is 0 Å². The van der Waals surface area contributed by atoms with Crippen LogP contribution in [-0.2, 0) is 0 Å². The fraction of sp³-hybridized carbons (Fsp3) is 0.714. The summed E-state index contributed by atoms with van der Waals surface area (Å²) < 4.78 is 0. The molecule has 2 heteroatoms. The largest absolute Gasteiger partial charge is 0.308 e. The van der Waals surface area contributed by atoms with Crippen LogP contribution in [0.25, 0.3) is 0 Å². The molecule has 0 saturated heterocycles. The van der Waals surface area contributed by atoms with Crippen molar-refractivity contribution in [3.8, 4) is 0 Å². The average molecular weight is 220 g/mol. The molecule has 1 N–H and O–H groups in total. The van der Waals surface area contributed by atoms with E-state index in [4.69, 9.17) is 5.41 Å². The monoisotopic (exact) mass is 220 g/mol. The first kappa shape index (κ1) is 13.1. The summed E-state index contributed by atoms with van der Waals surface area (Å²) in [5.74, 6) is 0. The highest BCUT2D eigenvalue weighted by Crippen LogP contribution is 2.21. The van der Waals surface area contributed by atoms with Crippen LogP contribution < -0.4 is 0 Å². The van der Waals surface area contributed by atoms with E-state index in [0.29, 0.717) is 0 Å². The van der Waals surface area contributed by atoms with Crippen LogP contribution in [0.2, 0.25) is 0 Å². The van der Waals surface area contributed by atoms with Crippen molar-refractivity contribution in [2.75, 3.05) is 0 Å². The van der Waals surface area contributed by atoms with Crippen molar-refractivity contribution in [1.82, 2.24) is 0 Å². The highest BCUT2D eigenvalue weighted by Gasteiger charge is 2.05. The second-order valence-corrected chi connectivity index (χ2v) is 4.48. The Balaban J connectivity index is 2.71. The quantitative estimate of drug-likeness (QED) is 0.665. The van der Waals surface area contributed by atoms with E-state index in [9.17, 15) is 0 Å². The Bertz CT molecular complexity index is 264. The maximum atomic E-state index is 7.50. The molecule has 1 aliphatic carbocycles. The molecule has 0 unspecified atom stereocenters. The van der Waals surface area contributed by atoms with Gasteiger partial charge in [0.15, 0.2) is 0 Å². The lowest BCUT2D eigenvalue weighted by molar-refractivity contribution is 0.587. The third-order valence-corrected chi connectivity index (χ3v) is 3.19. The molecular weight excluding hydrogens is 196 g/mol. The highest BCUT2D eigenvalue weighted by molar-refractivity contribution is 5.77. The maximum absolute atomic E-state index is 7.50. The Morgan fingerprint density at radius 2 is 1.50 bits per heavy atom. The molecule has 0 aromatic heterocycles. The van der Waals surface area contributed by atoms with Crippen LogP contribution in [0.15, 0.2) is 16.3 Å². The molecule has 0 radical (unpaired) electrons. The summed E-state index contributed by atoms with van der Waals surface area (Å²) in [5.41, 5.74) is 2.31. The molecule has 1 rings (SSSR count). The fourth-order valence-electron chi connectivity index (χ4n) is 2.26. The number of nitrogens with zero attached hydrogens (tertiary/aromatic N) is 1. The van der Waals surface area contributed by atoms with Crippen molar-refractivity contribution in [2.24, 2.45) is 4.99 Å². The Morgan fingerprint density at radius 1 is 0.938 bits per heavy atom. The maximum Gasteiger partial charge on any atom is 0.0446 e. The minimum Gasteiger partial charge on any atom is -0.308 e. The first-order valence-corrected chi connectivity index (χ1v) is 6.59. The number of hydrogen-bond acceptors (Lipinski definition) is 2. The molecular formula is C14H24N2. The average Bonchev–Trinajstić information content (AvgIpc) is 2.35. The minimum absolute atomic E-state index is 1.04. The Hall–Kier alpha value is -0.920. The van der Waals surface area contributed by atoms with E-state index in [0.717, 1.165) is 24.1 Å². The molecule has 0 aliphatic heterocycles. The molecule has 0 atom stereocenters. The SMILES string of the molecule is CC=N/C1=C(\C=N)CCCCCCCCC1. The van der Waals surface area contributed by atoms with Crippen LogP contribution in [0.3, 0.4) is 0 Å². The summed E-state index contributed by atoms with van der Waals surface area (Å²) in [6.07, 6.45) is 14.6. The summed E-state index contributed by atoms with van der Waals surface area (Å²) in [6.45, 7) is 1.96. The summed E-state index contributed by atoms with van der Waals surface area (Å²) in [5, 5.41) is 7.50. The van der Waals surface area contributed by atoms with E-state index >= 15 is 0 Å². The molecule has 0 spiro atoms. The van der Waals surface area contributed by atoms with Crippen LogP contribution in [0.4, 0.5) is 0 Å². The zero-order chi connectivity index (χ0) is 11.6. The number of hydrogen-bond donors (Lipinski definition) is 1. The normalized spacial score (nSPS) is 25.3. The van der Waals surface area contributed by atoms with Crippen molar-refractivity contribution in [3.05, 3.63) is 11.3 Å². The summed E-state index contributed by atoms with van der Waals surface area (Å²) in [6, 6.07) is 0. The molecule has 0 aromatic carbocycles. The lowest BCUT2D eigenvalue weighted by Crippen LogP contribution is -1.93. The predicted molar refractivity (Wildman–Crippen MR) is 71.5 cm³/mol. The van der Waals surface area contributed by atoms with E-state index in [-0.39, 0.29) is 0 Å². The lowest BCUT2D eigenvalue weighted by atomic mass is 10.0. The number of allylic oxidation sites excluding steroid dienone is 2. The van der Waals surface area contributed by atoms with Crippen molar-refractivity contribution in [1.29, 1.82) is 5.41 Å². The Labute approximate surface area is 99.4 Å². The molecule has 0 fully saturated rings. The molecule has 0 heterocycles. The van der Waals surface area contributed by atoms with Crippen molar-refractivity contribution < 1.29 is 0 Å². The minimum atomic E-state index is 1.04. The van der Waals surface area contributed by atoms with E-state index in [1.165, 1.54) is 51.2 Å². The van der Waals surface area contributed by atoms with E-state index in [1.54, 1.807) is 0 Å². The Morgan fingerprint density at radius 3 is 2.06 bits per heavy atom. The van der Waals surface area contributed by atoms with Crippen LogP contribution in [0.5, 0.6) is 0 Å². The van der Waals surface area contributed by atoms with Crippen molar-refractivity contribution in [3.63, 3.8) is 0 Å². The van der Waals surface area contributed by atoms with Gasteiger partial charge < -0.3 is 5.41 Å². The first-order valence-electron chi connectivity index (χ1n) is 6.59. The summed E-state index contributed by atoms with van der Waals surface area (Å²) in [7, 11) is 0. The van der Waals surface area contributed by atoms with Crippen molar-refractivity contribution >= 4 is 12.4 Å². The lowest BCUT2D eigenvalue weighted by Gasteiger charge is -2.06. The first-order chi connectivity index (χ1) is 7.88. The smallest absolute Gasteiger partial charge is 0.0446 e. The summed E-state index contributed by atoms with van der Waals surface area (Å²) in [4.78, 5) is 4.44. The zero-order valence-electron chi connectivity index (χ0n) is 10.5. The molecule has 0 saturated carbocycles. The molecule has 0 amide bonds. The predicted octanol–water partition coefficient (Wildman–Crippen LogP) is 4.51. The van der Waals surface area contributed by atoms with Gasteiger partial charge in [-0.2, -0.15) is 0 Å². The summed E-state index contributed by atoms with van der Waals surface area (Å²) >= 11 is 0. The number of rotatable bonds is 2. The Kier molecular flexibility index (Phi) is 6.78. The second kappa shape index (κ2) is 8.26. The van der Waals surface area contributed by atoms with Gasteiger partial charge in [-0.25, -0.2) is 0 Å². The second-order valence-electron chi connectivity index (χ2n) is 4.48. The molecule has 1 aliphatic rings. The van der Waals surface area contributed by atoms with Crippen LogP contribution >= 0.6 is 0 Å². The topological polar surface area (TPSA) is 36.2 Å². The highest BCUT2D eigenvalue weighted by atomic mass is 14.7. The van der Waals surface area contributed by atoms with Gasteiger partial charge in [0.05, 0.1) is 0 Å². The van der Waals surface area contributed by atoms with Gasteiger partial charge >= 0.3 is 0 Å². The van der Waals surface area contributed by atoms with Crippen molar-refractivity contribution in [2.45, 2.75) is 64.7 Å². The molecule has 16 heavy (non-hydrogen) atoms. The molecule has 2 nitrogen and oxygen atoms in total. The molecule has 0 aromatic rings. The standard InChI is InChI=1S/C14H24N2/c1-2-16-14-11-9-7-5-3-4-6-8-10-13(14)12-15/h2,12,15H,3-11H2,1H3/b14-13-,15-12?,16-2?. The van der Waals surface area contributed by atoms with Gasteiger partial charge in [0.2, 0.25) is 0 Å². The zero-order valence-corrected chi connectivity index (χ0v) is 10.5. The molecule has 90 valence electrons. The van der Waals surface area contributed by atoms with E-state index in [1.807, 2.05) is 13.1 Å². The van der Waals surface area contributed by atoms with Crippen LogP contribution in [0, 0.1) is 5.41 Å². The van der Waals surface area contributed by atoms with Gasteiger partial charge in [-0.3, -0.25) is 4.99 Å². The molecule has 0 bridgehead atoms. The van der Waals surface area contributed by atoms with E-state index in [2.05, 4.69) is 4.99 Å². The number of aliphatic imine (C=N–C) groups is 1. The van der Waals surface area contributed by atoms with E-state index < -0.39 is 0 Å². The van der Waals surface area contributed by atoms with Crippen LogP contribution in [-0.4, -0.2) is 12.4 Å². The fourth-order valence-corrected chi connectivity index (χ4v) is 2.26. The van der Waals surface area contributed by atoms with Gasteiger partial charge in [-0.1, -0.05) is 32.1 Å². The third kappa shape index (κ3) is 4.73. The van der Waals surface area contributed by atoms with Gasteiger partial charge in [0.1, 0.15) is 0 Å².